The lowest BCUT2D eigenvalue weighted by Crippen LogP contribution is -2.62. The number of esters is 2. The van der Waals surface area contributed by atoms with Crippen LogP contribution in [0.1, 0.15) is 68.8 Å². The molecule has 2 fully saturated rings. The van der Waals surface area contributed by atoms with Crippen LogP contribution in [-0.2, 0) is 32.7 Å². The summed E-state index contributed by atoms with van der Waals surface area (Å²) in [6, 6.07) is 11.9. The van der Waals surface area contributed by atoms with Gasteiger partial charge in [0.25, 0.3) is 0 Å². The van der Waals surface area contributed by atoms with Crippen molar-refractivity contribution < 1.29 is 42.8 Å². The number of aryl methyl sites for hydroxylation is 1. The van der Waals surface area contributed by atoms with Gasteiger partial charge in [0.1, 0.15) is 17.1 Å². The zero-order valence-corrected chi connectivity index (χ0v) is 33.2. The normalized spacial score (nSPS) is 30.8. The van der Waals surface area contributed by atoms with Gasteiger partial charge in [-0.1, -0.05) is 24.3 Å². The van der Waals surface area contributed by atoms with E-state index in [9.17, 15) is 15.2 Å². The van der Waals surface area contributed by atoms with Crippen LogP contribution in [0, 0.1) is 42.4 Å². The Bertz CT molecular complexity index is 2460. The number of fused-ring (bicyclic) bond motifs is 8. The third-order valence-electron chi connectivity index (χ3n) is 13.5. The molecule has 14 heteroatoms. The van der Waals surface area contributed by atoms with E-state index in [0.717, 1.165) is 33.2 Å². The van der Waals surface area contributed by atoms with Crippen molar-refractivity contribution in [3.63, 3.8) is 0 Å². The first-order valence-corrected chi connectivity index (χ1v) is 20.4. The van der Waals surface area contributed by atoms with Crippen molar-refractivity contribution in [1.29, 1.82) is 5.26 Å². The van der Waals surface area contributed by atoms with Crippen molar-refractivity contribution >= 4 is 34.7 Å². The minimum atomic E-state index is -1.44. The lowest BCUT2D eigenvalue weighted by molar-refractivity contribution is -0.155. The minimum Gasteiger partial charge on any atom is -0.504 e. The molecule has 2 aliphatic carbocycles. The summed E-state index contributed by atoms with van der Waals surface area (Å²) >= 11 is 1.53. The molecule has 0 radical (unpaired) electrons. The molecule has 0 saturated carbocycles. The summed E-state index contributed by atoms with van der Waals surface area (Å²) in [6.45, 7) is 5.64. The number of phenolic OH excluding ortho intramolecular Hbond substituents is 1. The summed E-state index contributed by atoms with van der Waals surface area (Å²) in [4.78, 5) is 30.3. The summed E-state index contributed by atoms with van der Waals surface area (Å²) in [5.41, 5.74) is 9.95. The average molecular weight is 793 g/mol. The van der Waals surface area contributed by atoms with Gasteiger partial charge in [-0.2, -0.15) is 17.0 Å². The maximum Gasteiger partial charge on any atom is 0.335 e. The van der Waals surface area contributed by atoms with Gasteiger partial charge >= 0.3 is 11.9 Å². The third kappa shape index (κ3) is 4.86. The molecule has 57 heavy (non-hydrogen) atoms. The molecule has 12 rings (SSSR count). The monoisotopic (exact) mass is 792 g/mol. The number of rotatable bonds is 3. The van der Waals surface area contributed by atoms with Crippen molar-refractivity contribution in [1.82, 2.24) is 10.2 Å². The van der Waals surface area contributed by atoms with E-state index >= 15 is 4.79 Å². The number of carbonyl (C=O) groups is 2. The largest absolute Gasteiger partial charge is 0.504 e. The van der Waals surface area contributed by atoms with Crippen LogP contribution in [0.3, 0.4) is 0 Å². The quantitative estimate of drug-likeness (QED) is 0.182. The van der Waals surface area contributed by atoms with Crippen LogP contribution in [0.5, 0.6) is 28.7 Å². The first-order chi connectivity index (χ1) is 27.5. The molecule has 8 aliphatic rings. The number of hydrogen-bond donors (Lipinski definition) is 3. The molecular weight excluding hydrogens is 749 g/mol. The van der Waals surface area contributed by atoms with E-state index in [4.69, 9.17) is 33.8 Å². The van der Waals surface area contributed by atoms with E-state index in [-0.39, 0.29) is 43.4 Å². The fraction of sp³-hybridized carbons (Fsp3) is 0.465. The van der Waals surface area contributed by atoms with E-state index in [1.165, 1.54) is 18.7 Å². The summed E-state index contributed by atoms with van der Waals surface area (Å²) in [6.07, 6.45) is 0.918. The highest BCUT2D eigenvalue weighted by Gasteiger charge is 2.66. The molecule has 2 saturated heterocycles. The second-order valence-electron chi connectivity index (χ2n) is 16.5. The highest BCUT2D eigenvalue weighted by atomic mass is 32.2. The van der Waals surface area contributed by atoms with Gasteiger partial charge < -0.3 is 38.9 Å². The molecule has 8 atom stereocenters. The van der Waals surface area contributed by atoms with Crippen molar-refractivity contribution in [3.8, 4) is 34.8 Å². The standard InChI is InChI=1S/C43H44N4O9S/c1-19-10-22-12-42(15-45)16-47(4)33(28(22)34(49)35(19)51-5)31-32(42)26-14-52-41(50)43(40-25(11-23(13-44)46-43)24-8-6-7-9-27(24)56-40)17-57-39(31)30-29(26)38-37(53-18-54-38)20(2)36(30)55-21(3)48/h6-10,23,26,31-33,39,46,49H,11-14,16-18,44H2,1-5H3/t23-,26?,31+,32?,33-,39+,42?,43+/m0/s1. The molecule has 4 bridgehead atoms. The Kier molecular flexibility index (Phi) is 8.16. The second kappa shape index (κ2) is 12.8. The number of ether oxygens (including phenoxy) is 5. The van der Waals surface area contributed by atoms with E-state index < -0.39 is 46.0 Å². The van der Waals surface area contributed by atoms with Gasteiger partial charge in [-0.05, 0) is 62.8 Å². The molecule has 4 aromatic rings. The van der Waals surface area contributed by atoms with Gasteiger partial charge in [0.15, 0.2) is 28.5 Å². The fourth-order valence-corrected chi connectivity index (χ4v) is 13.2. The number of carbonyl (C=O) groups excluding carboxylic acids is 2. The molecule has 3 unspecified atom stereocenters. The van der Waals surface area contributed by atoms with Gasteiger partial charge in [-0.25, -0.2) is 4.79 Å². The maximum absolute atomic E-state index is 15.1. The average Bonchev–Trinajstić information content (AvgIpc) is 3.78. The Balaban J connectivity index is 1.27. The molecule has 296 valence electrons. The number of hydrogen-bond acceptors (Lipinski definition) is 14. The second-order valence-corrected chi connectivity index (χ2v) is 17.7. The lowest BCUT2D eigenvalue weighted by atomic mass is 9.54. The molecule has 3 aromatic carbocycles. The number of aromatic hydroxyl groups is 1. The topological polar surface area (TPSA) is 179 Å². The number of benzene rings is 3. The summed E-state index contributed by atoms with van der Waals surface area (Å²) in [5, 5.41) is 27.7. The Morgan fingerprint density at radius 3 is 2.70 bits per heavy atom. The van der Waals surface area contributed by atoms with Crippen LogP contribution in [0.25, 0.3) is 11.0 Å². The molecule has 7 heterocycles. The summed E-state index contributed by atoms with van der Waals surface area (Å²) in [7, 11) is 3.55. The minimum absolute atomic E-state index is 0.0416. The third-order valence-corrected chi connectivity index (χ3v) is 15.0. The van der Waals surface area contributed by atoms with Gasteiger partial charge in [0.05, 0.1) is 25.2 Å². The summed E-state index contributed by atoms with van der Waals surface area (Å²) in [5.74, 6) is 0.0293. The molecule has 13 nitrogen and oxygen atoms in total. The predicted octanol–water partition coefficient (Wildman–Crippen LogP) is 5.20. The number of piperidine rings is 1. The number of nitrogens with one attached hydrogen (secondary N) is 1. The summed E-state index contributed by atoms with van der Waals surface area (Å²) < 4.78 is 37.6. The van der Waals surface area contributed by atoms with Crippen molar-refractivity contribution in [2.75, 3.05) is 46.4 Å². The maximum atomic E-state index is 15.1. The van der Waals surface area contributed by atoms with Gasteiger partial charge in [0.2, 0.25) is 6.79 Å². The van der Waals surface area contributed by atoms with Crippen LogP contribution >= 0.6 is 11.8 Å². The first kappa shape index (κ1) is 36.4. The van der Waals surface area contributed by atoms with Gasteiger partial charge in [0, 0.05) is 82.2 Å². The molecule has 1 aromatic heterocycles. The Labute approximate surface area is 333 Å². The first-order valence-electron chi connectivity index (χ1n) is 19.4. The van der Waals surface area contributed by atoms with Crippen LogP contribution in [0.15, 0.2) is 34.7 Å². The highest BCUT2D eigenvalue weighted by molar-refractivity contribution is 7.99. The molecule has 1 spiro atoms. The lowest BCUT2D eigenvalue weighted by Gasteiger charge is -2.58. The van der Waals surface area contributed by atoms with Gasteiger partial charge in [-0.15, -0.1) is 0 Å². The number of phenols is 1. The van der Waals surface area contributed by atoms with E-state index in [1.807, 2.05) is 51.2 Å². The number of para-hydroxylation sites is 1. The zero-order chi connectivity index (χ0) is 39.7. The van der Waals surface area contributed by atoms with Gasteiger partial charge in [-0.3, -0.25) is 15.0 Å². The van der Waals surface area contributed by atoms with Crippen LogP contribution in [-0.4, -0.2) is 74.4 Å². The van der Waals surface area contributed by atoms with Crippen LogP contribution in [0.2, 0.25) is 0 Å². The molecular formula is C43H44N4O9S. The van der Waals surface area contributed by atoms with Crippen LogP contribution in [0.4, 0.5) is 0 Å². The molecule has 6 aliphatic heterocycles. The van der Waals surface area contributed by atoms with E-state index in [0.29, 0.717) is 64.9 Å². The fourth-order valence-electron chi connectivity index (χ4n) is 11.5. The number of nitrogens with zero attached hydrogens (tertiary/aromatic N) is 2. The predicted molar refractivity (Wildman–Crippen MR) is 209 cm³/mol. The van der Waals surface area contributed by atoms with Crippen molar-refractivity contribution in [2.24, 2.45) is 23.0 Å². The Hall–Kier alpha value is -4.94. The number of furan rings is 1. The van der Waals surface area contributed by atoms with E-state index in [1.54, 1.807) is 7.11 Å². The number of thioether (sulfide) groups is 1. The smallest absolute Gasteiger partial charge is 0.335 e. The zero-order valence-electron chi connectivity index (χ0n) is 32.4. The van der Waals surface area contributed by atoms with Crippen molar-refractivity contribution in [3.05, 3.63) is 75.0 Å². The number of nitriles is 1. The van der Waals surface area contributed by atoms with E-state index in [2.05, 4.69) is 16.3 Å². The SMILES string of the molecule is COc1c(C)cc2c(c1O)[C@H]1[C@H]3C(C4COC(=O)[C@]5(CS[C@@H]3c3c(OC(C)=O)c(C)c6c(c34)OCO6)N[C@H](CN)Cc3c5oc4ccccc34)C(C#N)(C2)CN1C. The Morgan fingerprint density at radius 2 is 1.95 bits per heavy atom. The van der Waals surface area contributed by atoms with Crippen LogP contribution < -0.4 is 30.0 Å². The molecule has 4 N–H and O–H groups in total. The van der Waals surface area contributed by atoms with Crippen molar-refractivity contribution in [2.45, 2.75) is 62.4 Å². The Morgan fingerprint density at radius 1 is 1.16 bits per heavy atom. The molecule has 0 amide bonds. The number of nitrogens with two attached hydrogens (primary N) is 1. The highest BCUT2D eigenvalue weighted by Crippen LogP contribution is 2.71. The number of methoxy groups -OCH3 is 1.